The van der Waals surface area contributed by atoms with Gasteiger partial charge in [-0.3, -0.25) is 4.90 Å². The van der Waals surface area contributed by atoms with Crippen LogP contribution in [0.5, 0.6) is 0 Å². The summed E-state index contributed by atoms with van der Waals surface area (Å²) in [7, 11) is 6.75. The van der Waals surface area contributed by atoms with Gasteiger partial charge in [-0.25, -0.2) is 0 Å². The Kier molecular flexibility index (Phi) is 7.09. The maximum Gasteiger partial charge on any atom is 0.156 e. The van der Waals surface area contributed by atoms with Crippen LogP contribution < -0.4 is 0 Å². The normalized spacial score (nSPS) is 30.4. The first-order chi connectivity index (χ1) is 17.1. The van der Waals surface area contributed by atoms with Crippen molar-refractivity contribution in [2.24, 2.45) is 5.92 Å². The van der Waals surface area contributed by atoms with Gasteiger partial charge < -0.3 is 28.8 Å². The third-order valence-corrected chi connectivity index (χ3v) is 8.01. The highest BCUT2D eigenvalue weighted by Crippen LogP contribution is 2.50. The van der Waals surface area contributed by atoms with Crippen molar-refractivity contribution in [2.45, 2.75) is 50.4 Å². The average Bonchev–Trinajstić information content (AvgIpc) is 2.90. The van der Waals surface area contributed by atoms with Gasteiger partial charge in [0.15, 0.2) is 11.5 Å². The quantitative estimate of drug-likeness (QED) is 0.564. The van der Waals surface area contributed by atoms with Crippen molar-refractivity contribution < 1.29 is 28.8 Å². The molecule has 0 saturated carbocycles. The molecule has 0 aromatic carbocycles. The SMILES string of the molecule is COC1=C(OC)CC2CC3C4=C(C2=C1)C(O)C(OC)C=C4CCN3CCOC1=C(OC)CCC=C1. The summed E-state index contributed by atoms with van der Waals surface area (Å²) < 4.78 is 28.7. The molecule has 1 aliphatic heterocycles. The number of hydrogen-bond donors (Lipinski definition) is 1. The Balaban J connectivity index is 1.44. The van der Waals surface area contributed by atoms with Crippen LogP contribution >= 0.6 is 0 Å². The summed E-state index contributed by atoms with van der Waals surface area (Å²) in [4.78, 5) is 2.52. The van der Waals surface area contributed by atoms with E-state index < -0.39 is 6.10 Å². The zero-order valence-electron chi connectivity index (χ0n) is 21.2. The van der Waals surface area contributed by atoms with Crippen LogP contribution in [0.1, 0.15) is 32.1 Å². The molecule has 1 saturated heterocycles. The lowest BCUT2D eigenvalue weighted by molar-refractivity contribution is 0.0285. The van der Waals surface area contributed by atoms with E-state index in [4.69, 9.17) is 23.7 Å². The molecular weight excluding hydrogens is 446 g/mol. The summed E-state index contributed by atoms with van der Waals surface area (Å²) in [5.74, 6) is 3.62. The van der Waals surface area contributed by atoms with Gasteiger partial charge in [0.25, 0.3) is 0 Å². The maximum absolute atomic E-state index is 11.4. The number of hydrogen-bond acceptors (Lipinski definition) is 7. The molecule has 0 amide bonds. The van der Waals surface area contributed by atoms with E-state index in [-0.39, 0.29) is 18.1 Å². The number of piperidine rings is 1. The molecule has 0 aromatic heterocycles. The van der Waals surface area contributed by atoms with Gasteiger partial charge in [-0.1, -0.05) is 6.08 Å². The molecule has 0 bridgehead atoms. The van der Waals surface area contributed by atoms with Crippen molar-refractivity contribution >= 4 is 0 Å². The van der Waals surface area contributed by atoms with Crippen molar-refractivity contribution in [1.29, 1.82) is 0 Å². The lowest BCUT2D eigenvalue weighted by Gasteiger charge is -2.49. The first-order valence-electron chi connectivity index (χ1n) is 12.6. The number of ether oxygens (including phenoxy) is 5. The summed E-state index contributed by atoms with van der Waals surface area (Å²) in [6.07, 6.45) is 11.9. The standard InChI is InChI=1S/C28H37NO6/c1-31-21-7-5-6-8-22(21)35-12-11-29-10-9-17-14-25(34-4)28(30)27-19-16-24(33-3)23(32-2)15-18(19)13-20(29)26(17)27/h6,8,14,16,18,20,25,28,30H,5,7,9-13,15H2,1-4H3. The zero-order valence-corrected chi connectivity index (χ0v) is 21.2. The Hall–Kier alpha value is -2.48. The average molecular weight is 484 g/mol. The number of aliphatic hydroxyl groups is 1. The van der Waals surface area contributed by atoms with Crippen LogP contribution in [0.2, 0.25) is 0 Å². The van der Waals surface area contributed by atoms with Crippen molar-refractivity contribution in [1.82, 2.24) is 4.90 Å². The van der Waals surface area contributed by atoms with Crippen LogP contribution in [0.4, 0.5) is 0 Å². The molecule has 1 N–H and O–H groups in total. The van der Waals surface area contributed by atoms with E-state index in [1.54, 1.807) is 28.4 Å². The fourth-order valence-electron chi connectivity index (χ4n) is 6.28. The molecule has 1 fully saturated rings. The highest BCUT2D eigenvalue weighted by Gasteiger charge is 2.46. The van der Waals surface area contributed by atoms with Crippen LogP contribution in [0, 0.1) is 5.92 Å². The molecular formula is C28H37NO6. The summed E-state index contributed by atoms with van der Waals surface area (Å²) in [6, 6.07) is 0.225. The molecule has 35 heavy (non-hydrogen) atoms. The van der Waals surface area contributed by atoms with E-state index in [9.17, 15) is 5.11 Å². The van der Waals surface area contributed by atoms with Crippen molar-refractivity contribution in [2.75, 3.05) is 48.1 Å². The van der Waals surface area contributed by atoms with Crippen LogP contribution in [-0.2, 0) is 23.7 Å². The largest absolute Gasteiger partial charge is 0.497 e. The molecule has 0 spiro atoms. The van der Waals surface area contributed by atoms with E-state index in [2.05, 4.69) is 23.1 Å². The summed E-state index contributed by atoms with van der Waals surface area (Å²) in [5, 5.41) is 11.4. The number of rotatable bonds is 8. The minimum atomic E-state index is -0.699. The Bertz CT molecular complexity index is 1030. The van der Waals surface area contributed by atoms with Crippen LogP contribution in [0.3, 0.4) is 0 Å². The molecule has 4 atom stereocenters. The highest BCUT2D eigenvalue weighted by molar-refractivity contribution is 5.59. The van der Waals surface area contributed by atoms with Crippen molar-refractivity contribution in [3.8, 4) is 0 Å². The topological polar surface area (TPSA) is 69.6 Å². The number of allylic oxidation sites excluding steroid dienone is 5. The van der Waals surface area contributed by atoms with Gasteiger partial charge in [0, 0.05) is 39.1 Å². The fourth-order valence-corrected chi connectivity index (χ4v) is 6.28. The van der Waals surface area contributed by atoms with Crippen LogP contribution in [-0.4, -0.2) is 76.4 Å². The lowest BCUT2D eigenvalue weighted by atomic mass is 9.65. The third-order valence-electron chi connectivity index (χ3n) is 8.01. The smallest absolute Gasteiger partial charge is 0.156 e. The first kappa shape index (κ1) is 24.2. The number of likely N-dealkylation sites (tertiary alicyclic amines) is 1. The molecule has 5 aliphatic rings. The van der Waals surface area contributed by atoms with E-state index >= 15 is 0 Å². The molecule has 5 rings (SSSR count). The minimum Gasteiger partial charge on any atom is -0.497 e. The van der Waals surface area contributed by atoms with Gasteiger partial charge >= 0.3 is 0 Å². The second kappa shape index (κ2) is 10.2. The van der Waals surface area contributed by atoms with Gasteiger partial charge in [-0.05, 0) is 65.7 Å². The van der Waals surface area contributed by atoms with E-state index in [0.717, 1.165) is 79.4 Å². The molecule has 0 radical (unpaired) electrons. The van der Waals surface area contributed by atoms with E-state index in [0.29, 0.717) is 6.61 Å². The molecule has 190 valence electrons. The monoisotopic (exact) mass is 483 g/mol. The number of nitrogens with zero attached hydrogens (tertiary/aromatic N) is 1. The number of fused-ring (bicyclic) bond motifs is 2. The summed E-state index contributed by atoms with van der Waals surface area (Å²) in [5.41, 5.74) is 4.75. The second-order valence-corrected chi connectivity index (χ2v) is 9.68. The third kappa shape index (κ3) is 4.34. The van der Waals surface area contributed by atoms with Gasteiger partial charge in [0.2, 0.25) is 0 Å². The molecule has 0 aromatic rings. The lowest BCUT2D eigenvalue weighted by Crippen LogP contribution is -2.51. The van der Waals surface area contributed by atoms with E-state index in [1.165, 1.54) is 11.1 Å². The van der Waals surface area contributed by atoms with Gasteiger partial charge in [0.1, 0.15) is 30.3 Å². The number of methoxy groups -OCH3 is 4. The summed E-state index contributed by atoms with van der Waals surface area (Å²) in [6.45, 7) is 2.37. The Morgan fingerprint density at radius 1 is 1.00 bits per heavy atom. The van der Waals surface area contributed by atoms with Gasteiger partial charge in [-0.15, -0.1) is 0 Å². The Morgan fingerprint density at radius 3 is 2.57 bits per heavy atom. The zero-order chi connectivity index (χ0) is 24.5. The van der Waals surface area contributed by atoms with Gasteiger partial charge in [-0.2, -0.15) is 0 Å². The predicted octanol–water partition coefficient (Wildman–Crippen LogP) is 3.75. The second-order valence-electron chi connectivity index (χ2n) is 9.68. The Labute approximate surface area is 208 Å². The predicted molar refractivity (Wildman–Crippen MR) is 132 cm³/mol. The van der Waals surface area contributed by atoms with Crippen molar-refractivity contribution in [3.05, 3.63) is 69.6 Å². The summed E-state index contributed by atoms with van der Waals surface area (Å²) >= 11 is 0. The first-order valence-corrected chi connectivity index (χ1v) is 12.6. The van der Waals surface area contributed by atoms with Crippen LogP contribution in [0.15, 0.2) is 69.6 Å². The van der Waals surface area contributed by atoms with Crippen molar-refractivity contribution in [3.63, 3.8) is 0 Å². The maximum atomic E-state index is 11.4. The number of aliphatic hydroxyl groups excluding tert-OH is 1. The fraction of sp³-hybridized carbons (Fsp3) is 0.571. The molecule has 1 heterocycles. The van der Waals surface area contributed by atoms with E-state index in [1.807, 2.05) is 6.08 Å². The Morgan fingerprint density at radius 2 is 1.83 bits per heavy atom. The van der Waals surface area contributed by atoms with Gasteiger partial charge in [0.05, 0.1) is 21.3 Å². The molecule has 4 unspecified atom stereocenters. The van der Waals surface area contributed by atoms with Crippen LogP contribution in [0.25, 0.3) is 0 Å². The molecule has 4 aliphatic carbocycles. The highest BCUT2D eigenvalue weighted by atomic mass is 16.5. The molecule has 7 heteroatoms. The minimum absolute atomic E-state index is 0.225. The molecule has 7 nitrogen and oxygen atoms in total.